The van der Waals surface area contributed by atoms with Crippen LogP contribution in [0.5, 0.6) is 0 Å². The summed E-state index contributed by atoms with van der Waals surface area (Å²) in [6, 6.07) is 0.120. The van der Waals surface area contributed by atoms with E-state index in [0.29, 0.717) is 11.7 Å². The largest absolute Gasteiger partial charge is 0.359 e. The predicted octanol–water partition coefficient (Wildman–Crippen LogP) is 2.64. The highest BCUT2D eigenvalue weighted by Gasteiger charge is 2.22. The lowest BCUT2D eigenvalue weighted by atomic mass is 10.0. The van der Waals surface area contributed by atoms with Gasteiger partial charge in [0.25, 0.3) is 5.56 Å². The van der Waals surface area contributed by atoms with E-state index >= 15 is 0 Å². The number of alkyl halides is 1. The molecule has 1 unspecified atom stereocenters. The summed E-state index contributed by atoms with van der Waals surface area (Å²) in [5.41, 5.74) is -0.406. The van der Waals surface area contributed by atoms with Gasteiger partial charge >= 0.3 is 0 Å². The summed E-state index contributed by atoms with van der Waals surface area (Å²) in [7, 11) is 0. The third-order valence-corrected chi connectivity index (χ3v) is 3.51. The van der Waals surface area contributed by atoms with Gasteiger partial charge in [0.2, 0.25) is 0 Å². The molecule has 0 radical (unpaired) electrons. The van der Waals surface area contributed by atoms with E-state index in [2.05, 4.69) is 10.3 Å². The second-order valence-electron chi connectivity index (χ2n) is 4.75. The molecule has 0 aliphatic heterocycles. The first-order valence-corrected chi connectivity index (χ1v) is 6.38. The van der Waals surface area contributed by atoms with Crippen LogP contribution in [0, 0.1) is 0 Å². The summed E-state index contributed by atoms with van der Waals surface area (Å²) >= 11 is 5.91. The molecule has 17 heavy (non-hydrogen) atoms. The first-order valence-electron chi connectivity index (χ1n) is 5.85. The van der Waals surface area contributed by atoms with Gasteiger partial charge in [-0.1, -0.05) is 6.92 Å². The lowest BCUT2D eigenvalue weighted by molar-refractivity contribution is 0.539. The molecule has 1 aromatic heterocycles. The minimum atomic E-state index is -0.302. The Morgan fingerprint density at radius 3 is 2.71 bits per heavy atom. The average Bonchev–Trinajstić information content (AvgIpc) is 2.31. The Labute approximate surface area is 107 Å². The highest BCUT2D eigenvalue weighted by Crippen LogP contribution is 2.16. The van der Waals surface area contributed by atoms with Gasteiger partial charge in [0.05, 0.1) is 0 Å². The molecule has 0 saturated carbocycles. The zero-order chi connectivity index (χ0) is 13.1. The van der Waals surface area contributed by atoms with E-state index in [1.54, 1.807) is 17.0 Å². The maximum atomic E-state index is 12.1. The molecule has 1 atom stereocenters. The summed E-state index contributed by atoms with van der Waals surface area (Å²) in [6.45, 7) is 7.94. The fourth-order valence-electron chi connectivity index (χ4n) is 1.42. The van der Waals surface area contributed by atoms with Crippen molar-refractivity contribution in [1.82, 2.24) is 9.55 Å². The zero-order valence-corrected chi connectivity index (χ0v) is 11.6. The van der Waals surface area contributed by atoms with E-state index < -0.39 is 0 Å². The number of nitrogens with zero attached hydrogens (tertiary/aromatic N) is 2. The second kappa shape index (κ2) is 5.54. The molecule has 0 amide bonds. The summed E-state index contributed by atoms with van der Waals surface area (Å²) < 4.78 is 1.65. The fourth-order valence-corrected chi connectivity index (χ4v) is 1.68. The molecule has 1 N–H and O–H groups in total. The molecule has 0 aliphatic carbocycles. The number of halogens is 1. The molecule has 1 heterocycles. The summed E-state index contributed by atoms with van der Waals surface area (Å²) in [6.07, 6.45) is 4.16. The third kappa shape index (κ3) is 3.22. The van der Waals surface area contributed by atoms with Crippen molar-refractivity contribution in [2.45, 2.75) is 45.7 Å². The SMILES string of the molecule is CCC(C)(CCl)Nc1nccn(C(C)C)c1=O. The van der Waals surface area contributed by atoms with Crippen molar-refractivity contribution >= 4 is 17.4 Å². The van der Waals surface area contributed by atoms with Gasteiger partial charge in [-0.05, 0) is 27.2 Å². The highest BCUT2D eigenvalue weighted by molar-refractivity contribution is 6.18. The maximum Gasteiger partial charge on any atom is 0.293 e. The first-order chi connectivity index (χ1) is 7.93. The third-order valence-electron chi connectivity index (χ3n) is 2.92. The smallest absolute Gasteiger partial charge is 0.293 e. The number of hydrogen-bond acceptors (Lipinski definition) is 3. The number of nitrogens with one attached hydrogen (secondary N) is 1. The fraction of sp³-hybridized carbons (Fsp3) is 0.667. The highest BCUT2D eigenvalue weighted by atomic mass is 35.5. The average molecular weight is 258 g/mol. The Morgan fingerprint density at radius 2 is 2.24 bits per heavy atom. The van der Waals surface area contributed by atoms with Crippen LogP contribution in [0.1, 0.15) is 40.2 Å². The van der Waals surface area contributed by atoms with Crippen molar-refractivity contribution in [1.29, 1.82) is 0 Å². The molecule has 96 valence electrons. The number of hydrogen-bond donors (Lipinski definition) is 1. The molecular formula is C12H20ClN3O. The monoisotopic (exact) mass is 257 g/mol. The van der Waals surface area contributed by atoms with Gasteiger partial charge in [-0.2, -0.15) is 0 Å². The van der Waals surface area contributed by atoms with E-state index in [1.165, 1.54) is 0 Å². The molecule has 0 saturated heterocycles. The van der Waals surface area contributed by atoms with Crippen LogP contribution in [0.3, 0.4) is 0 Å². The van der Waals surface area contributed by atoms with E-state index in [9.17, 15) is 4.79 Å². The second-order valence-corrected chi connectivity index (χ2v) is 5.02. The molecule has 5 heteroatoms. The van der Waals surface area contributed by atoms with Crippen molar-refractivity contribution in [2.75, 3.05) is 11.2 Å². The van der Waals surface area contributed by atoms with Crippen LogP contribution in [-0.2, 0) is 0 Å². The van der Waals surface area contributed by atoms with Crippen LogP contribution in [0.25, 0.3) is 0 Å². The molecule has 4 nitrogen and oxygen atoms in total. The summed E-state index contributed by atoms with van der Waals surface area (Å²) in [5.74, 6) is 0.799. The standard InChI is InChI=1S/C12H20ClN3O/c1-5-12(4,8-13)15-10-11(17)16(9(2)3)7-6-14-10/h6-7,9H,5,8H2,1-4H3,(H,14,15). The van der Waals surface area contributed by atoms with Gasteiger partial charge in [0.1, 0.15) is 0 Å². The van der Waals surface area contributed by atoms with Crippen molar-refractivity contribution in [2.24, 2.45) is 0 Å². The van der Waals surface area contributed by atoms with Crippen LogP contribution >= 0.6 is 11.6 Å². The van der Waals surface area contributed by atoms with E-state index in [0.717, 1.165) is 6.42 Å². The van der Waals surface area contributed by atoms with Gasteiger partial charge in [-0.25, -0.2) is 4.98 Å². The van der Waals surface area contributed by atoms with Gasteiger partial charge in [-0.15, -0.1) is 11.6 Å². The summed E-state index contributed by atoms with van der Waals surface area (Å²) in [5, 5.41) is 3.14. The van der Waals surface area contributed by atoms with Crippen LogP contribution in [0.2, 0.25) is 0 Å². The first kappa shape index (κ1) is 14.0. The van der Waals surface area contributed by atoms with Crippen LogP contribution in [0.4, 0.5) is 5.82 Å². The van der Waals surface area contributed by atoms with Crippen molar-refractivity contribution < 1.29 is 0 Å². The summed E-state index contributed by atoms with van der Waals surface area (Å²) in [4.78, 5) is 16.2. The molecule has 0 spiro atoms. The quantitative estimate of drug-likeness (QED) is 0.825. The molecule has 0 fully saturated rings. The van der Waals surface area contributed by atoms with Crippen molar-refractivity contribution in [3.05, 3.63) is 22.7 Å². The predicted molar refractivity (Wildman–Crippen MR) is 71.9 cm³/mol. The minimum Gasteiger partial charge on any atom is -0.359 e. The van der Waals surface area contributed by atoms with E-state index in [1.807, 2.05) is 27.7 Å². The van der Waals surface area contributed by atoms with Crippen LogP contribution in [0.15, 0.2) is 17.2 Å². The Morgan fingerprint density at radius 1 is 1.59 bits per heavy atom. The minimum absolute atomic E-state index is 0.104. The van der Waals surface area contributed by atoms with E-state index in [4.69, 9.17) is 11.6 Å². The Bertz CT molecular complexity index is 424. The molecule has 0 aliphatic rings. The molecule has 0 bridgehead atoms. The van der Waals surface area contributed by atoms with Crippen LogP contribution < -0.4 is 10.9 Å². The van der Waals surface area contributed by atoms with E-state index in [-0.39, 0.29) is 17.1 Å². The Hall–Kier alpha value is -1.03. The van der Waals surface area contributed by atoms with Crippen molar-refractivity contribution in [3.63, 3.8) is 0 Å². The zero-order valence-electron chi connectivity index (χ0n) is 10.8. The van der Waals surface area contributed by atoms with Crippen molar-refractivity contribution in [3.8, 4) is 0 Å². The Kier molecular flexibility index (Phi) is 4.57. The normalized spacial score (nSPS) is 14.7. The maximum absolute atomic E-state index is 12.1. The van der Waals surface area contributed by atoms with Gasteiger partial charge in [-0.3, -0.25) is 4.79 Å². The lowest BCUT2D eigenvalue weighted by Gasteiger charge is -2.27. The van der Waals surface area contributed by atoms with Gasteiger partial charge in [0.15, 0.2) is 5.82 Å². The van der Waals surface area contributed by atoms with Crippen LogP contribution in [-0.4, -0.2) is 21.0 Å². The molecule has 1 rings (SSSR count). The van der Waals surface area contributed by atoms with Gasteiger partial charge < -0.3 is 9.88 Å². The molecule has 1 aromatic rings. The Balaban J connectivity index is 3.08. The number of aromatic nitrogens is 2. The lowest BCUT2D eigenvalue weighted by Crippen LogP contribution is -2.39. The molecule has 0 aromatic carbocycles. The number of rotatable bonds is 5. The molecular weight excluding hydrogens is 238 g/mol. The van der Waals surface area contributed by atoms with Gasteiger partial charge in [0, 0.05) is 29.9 Å². The number of anilines is 1. The topological polar surface area (TPSA) is 46.9 Å².